The summed E-state index contributed by atoms with van der Waals surface area (Å²) >= 11 is 6.14. The lowest BCUT2D eigenvalue weighted by Gasteiger charge is -2.30. The van der Waals surface area contributed by atoms with Crippen molar-refractivity contribution in [3.8, 4) is 5.75 Å². The van der Waals surface area contributed by atoms with Crippen LogP contribution in [0.25, 0.3) is 5.65 Å². The summed E-state index contributed by atoms with van der Waals surface area (Å²) in [5.74, 6) is 0.441. The Hall–Kier alpha value is -2.60. The normalized spacial score (nSPS) is 13.8. The predicted octanol–water partition coefficient (Wildman–Crippen LogP) is 2.42. The van der Waals surface area contributed by atoms with Crippen molar-refractivity contribution in [1.82, 2.24) is 14.6 Å². The monoisotopic (exact) mass is 314 g/mol. The van der Waals surface area contributed by atoms with E-state index in [1.807, 2.05) is 6.07 Å². The van der Waals surface area contributed by atoms with Crippen LogP contribution in [0.5, 0.6) is 5.75 Å². The molecule has 7 heteroatoms. The Morgan fingerprint density at radius 3 is 3.09 bits per heavy atom. The second-order valence-corrected chi connectivity index (χ2v) is 5.31. The van der Waals surface area contributed by atoms with E-state index in [0.29, 0.717) is 40.8 Å². The van der Waals surface area contributed by atoms with Gasteiger partial charge in [-0.2, -0.15) is 0 Å². The Morgan fingerprint density at radius 1 is 1.27 bits per heavy atom. The van der Waals surface area contributed by atoms with E-state index >= 15 is 0 Å². The quantitative estimate of drug-likeness (QED) is 0.692. The number of amides is 1. The molecule has 0 fully saturated rings. The number of halogens is 1. The summed E-state index contributed by atoms with van der Waals surface area (Å²) in [6.07, 6.45) is 3.29. The summed E-state index contributed by atoms with van der Waals surface area (Å²) in [4.78, 5) is 14.5. The van der Waals surface area contributed by atoms with Crippen LogP contribution in [0.15, 0.2) is 42.9 Å². The van der Waals surface area contributed by atoms with Crippen LogP contribution in [0.3, 0.4) is 0 Å². The molecule has 3 heterocycles. The third-order valence-electron chi connectivity index (χ3n) is 3.58. The predicted molar refractivity (Wildman–Crippen MR) is 81.6 cm³/mol. The molecule has 4 rings (SSSR count). The first-order valence-corrected chi connectivity index (χ1v) is 7.14. The molecule has 6 nitrogen and oxygen atoms in total. The topological polar surface area (TPSA) is 59.7 Å². The van der Waals surface area contributed by atoms with Gasteiger partial charge < -0.3 is 9.64 Å². The number of carbonyl (C=O) groups excluding carboxylic acids is 1. The van der Waals surface area contributed by atoms with Gasteiger partial charge in [0, 0.05) is 6.20 Å². The molecule has 22 heavy (non-hydrogen) atoms. The van der Waals surface area contributed by atoms with Gasteiger partial charge in [-0.25, -0.2) is 0 Å². The van der Waals surface area contributed by atoms with Gasteiger partial charge in [0.25, 0.3) is 5.91 Å². The first kappa shape index (κ1) is 13.1. The van der Waals surface area contributed by atoms with Crippen molar-refractivity contribution < 1.29 is 9.53 Å². The summed E-state index contributed by atoms with van der Waals surface area (Å²) in [5.41, 5.74) is 1.94. The van der Waals surface area contributed by atoms with Crippen molar-refractivity contribution in [2.75, 3.05) is 18.1 Å². The van der Waals surface area contributed by atoms with Crippen molar-refractivity contribution in [1.29, 1.82) is 0 Å². The van der Waals surface area contributed by atoms with Gasteiger partial charge in [0.2, 0.25) is 0 Å². The molecule has 0 atom stereocenters. The Bertz CT molecular complexity index is 877. The summed E-state index contributed by atoms with van der Waals surface area (Å²) in [6, 6.07) is 8.89. The summed E-state index contributed by atoms with van der Waals surface area (Å²) in [6.45, 7) is 0.893. The molecule has 0 spiro atoms. The Morgan fingerprint density at radius 2 is 2.18 bits per heavy atom. The molecule has 1 aromatic carbocycles. The zero-order valence-corrected chi connectivity index (χ0v) is 12.2. The van der Waals surface area contributed by atoms with E-state index in [2.05, 4.69) is 10.2 Å². The molecule has 110 valence electrons. The second kappa shape index (κ2) is 4.99. The van der Waals surface area contributed by atoms with Crippen LogP contribution in [-0.4, -0.2) is 33.7 Å². The van der Waals surface area contributed by atoms with E-state index < -0.39 is 0 Å². The van der Waals surface area contributed by atoms with Gasteiger partial charge in [-0.05, 0) is 24.3 Å². The van der Waals surface area contributed by atoms with Crippen LogP contribution >= 0.6 is 11.6 Å². The highest BCUT2D eigenvalue weighted by Crippen LogP contribution is 2.38. The summed E-state index contributed by atoms with van der Waals surface area (Å²) in [7, 11) is 0. The molecular weight excluding hydrogens is 304 g/mol. The molecule has 0 bridgehead atoms. The minimum absolute atomic E-state index is 0.109. The Balaban J connectivity index is 1.76. The Labute approximate surface area is 130 Å². The average molecular weight is 315 g/mol. The van der Waals surface area contributed by atoms with Crippen LogP contribution in [0, 0.1) is 0 Å². The number of ether oxygens (including phenoxy) is 1. The number of para-hydroxylation sites is 1. The standard InChI is InChI=1S/C15H11ClN4O2/c16-11-2-1-3-12-14(11)22-7-6-20(12)15(21)10-4-5-13-18-17-9-19(13)8-10/h1-5,8-9H,6-7H2. The number of rotatable bonds is 1. The smallest absolute Gasteiger partial charge is 0.260 e. The molecule has 0 unspecified atom stereocenters. The molecule has 0 radical (unpaired) electrons. The fourth-order valence-corrected chi connectivity index (χ4v) is 2.76. The summed E-state index contributed by atoms with van der Waals surface area (Å²) in [5, 5.41) is 8.25. The van der Waals surface area contributed by atoms with Crippen molar-refractivity contribution in [3.63, 3.8) is 0 Å². The molecule has 2 aromatic heterocycles. The van der Waals surface area contributed by atoms with Crippen molar-refractivity contribution in [3.05, 3.63) is 53.4 Å². The minimum Gasteiger partial charge on any atom is -0.488 e. The fraction of sp³-hybridized carbons (Fsp3) is 0.133. The maximum Gasteiger partial charge on any atom is 0.260 e. The maximum absolute atomic E-state index is 12.8. The number of benzene rings is 1. The van der Waals surface area contributed by atoms with E-state index in [4.69, 9.17) is 16.3 Å². The van der Waals surface area contributed by atoms with Crippen LogP contribution in [0.4, 0.5) is 5.69 Å². The zero-order valence-electron chi connectivity index (χ0n) is 11.4. The lowest BCUT2D eigenvalue weighted by atomic mass is 10.2. The van der Waals surface area contributed by atoms with E-state index in [1.165, 1.54) is 0 Å². The van der Waals surface area contributed by atoms with Crippen molar-refractivity contribution in [2.45, 2.75) is 0 Å². The van der Waals surface area contributed by atoms with Crippen LogP contribution in [0.2, 0.25) is 5.02 Å². The maximum atomic E-state index is 12.8. The first-order chi connectivity index (χ1) is 10.7. The van der Waals surface area contributed by atoms with Crippen LogP contribution in [0.1, 0.15) is 10.4 Å². The van der Waals surface area contributed by atoms with Crippen LogP contribution in [-0.2, 0) is 0 Å². The second-order valence-electron chi connectivity index (χ2n) is 4.91. The lowest BCUT2D eigenvalue weighted by molar-refractivity contribution is 0.0976. The molecule has 0 saturated heterocycles. The zero-order chi connectivity index (χ0) is 15.1. The van der Waals surface area contributed by atoms with Gasteiger partial charge in [0.05, 0.1) is 22.8 Å². The molecule has 1 amide bonds. The number of aromatic nitrogens is 3. The number of pyridine rings is 1. The first-order valence-electron chi connectivity index (χ1n) is 6.76. The van der Waals surface area contributed by atoms with E-state index in [-0.39, 0.29) is 5.91 Å². The average Bonchev–Trinajstić information content (AvgIpc) is 3.01. The van der Waals surface area contributed by atoms with Gasteiger partial charge >= 0.3 is 0 Å². The highest BCUT2D eigenvalue weighted by molar-refractivity contribution is 6.32. The lowest BCUT2D eigenvalue weighted by Crippen LogP contribution is -2.38. The van der Waals surface area contributed by atoms with E-state index in [1.54, 1.807) is 46.1 Å². The summed E-state index contributed by atoms with van der Waals surface area (Å²) < 4.78 is 7.29. The molecular formula is C15H11ClN4O2. The van der Waals surface area contributed by atoms with Gasteiger partial charge in [0.1, 0.15) is 12.9 Å². The number of hydrogen-bond donors (Lipinski definition) is 0. The van der Waals surface area contributed by atoms with Gasteiger partial charge in [-0.1, -0.05) is 17.7 Å². The van der Waals surface area contributed by atoms with Crippen molar-refractivity contribution >= 4 is 28.8 Å². The number of hydrogen-bond acceptors (Lipinski definition) is 4. The largest absolute Gasteiger partial charge is 0.488 e. The van der Waals surface area contributed by atoms with Crippen LogP contribution < -0.4 is 9.64 Å². The Kier molecular flexibility index (Phi) is 2.97. The molecule has 0 N–H and O–H groups in total. The van der Waals surface area contributed by atoms with Gasteiger partial charge in [-0.15, -0.1) is 10.2 Å². The van der Waals surface area contributed by atoms with Crippen molar-refractivity contribution in [2.24, 2.45) is 0 Å². The highest BCUT2D eigenvalue weighted by Gasteiger charge is 2.26. The van der Waals surface area contributed by atoms with E-state index in [9.17, 15) is 4.79 Å². The number of fused-ring (bicyclic) bond motifs is 2. The number of anilines is 1. The van der Waals surface area contributed by atoms with Gasteiger partial charge in [0.15, 0.2) is 11.4 Å². The van der Waals surface area contributed by atoms with E-state index in [0.717, 1.165) is 0 Å². The fourth-order valence-electron chi connectivity index (χ4n) is 2.53. The third-order valence-corrected chi connectivity index (χ3v) is 3.88. The highest BCUT2D eigenvalue weighted by atomic mass is 35.5. The molecule has 1 aliphatic heterocycles. The number of nitrogens with zero attached hydrogens (tertiary/aromatic N) is 4. The molecule has 1 aliphatic rings. The third kappa shape index (κ3) is 2.00. The molecule has 3 aromatic rings. The minimum atomic E-state index is -0.109. The SMILES string of the molecule is O=C(c1ccc2nncn2c1)N1CCOc2c(Cl)cccc21. The molecule has 0 saturated carbocycles. The molecule has 0 aliphatic carbocycles. The number of carbonyl (C=O) groups is 1. The van der Waals surface area contributed by atoms with Gasteiger partial charge in [-0.3, -0.25) is 9.20 Å².